The van der Waals surface area contributed by atoms with E-state index < -0.39 is 10.0 Å². The molecule has 2 aromatic rings. The Morgan fingerprint density at radius 3 is 2.08 bits per heavy atom. The SMILES string of the molecule is CNC(=O)c1ccc(N2CCN(S(=O)(=O)c3ccc(Br)cc3)CC2)cc1. The maximum Gasteiger partial charge on any atom is 0.251 e. The monoisotopic (exact) mass is 437 g/mol. The van der Waals surface area contributed by atoms with Crippen LogP contribution >= 0.6 is 15.9 Å². The highest BCUT2D eigenvalue weighted by atomic mass is 79.9. The fraction of sp³-hybridized carbons (Fsp3) is 0.278. The summed E-state index contributed by atoms with van der Waals surface area (Å²) in [6.45, 7) is 2.06. The van der Waals surface area contributed by atoms with Gasteiger partial charge in [0.2, 0.25) is 10.0 Å². The number of amides is 1. The van der Waals surface area contributed by atoms with E-state index in [1.807, 2.05) is 12.1 Å². The van der Waals surface area contributed by atoms with Gasteiger partial charge < -0.3 is 10.2 Å². The molecule has 6 nitrogen and oxygen atoms in total. The molecular weight excluding hydrogens is 418 g/mol. The molecule has 138 valence electrons. The number of benzene rings is 2. The molecule has 26 heavy (non-hydrogen) atoms. The molecule has 0 saturated carbocycles. The summed E-state index contributed by atoms with van der Waals surface area (Å²) in [5.41, 5.74) is 1.59. The molecule has 1 saturated heterocycles. The third-order valence-corrected chi connectivity index (χ3v) is 6.85. The number of sulfonamides is 1. The van der Waals surface area contributed by atoms with Gasteiger partial charge in [-0.1, -0.05) is 15.9 Å². The molecule has 0 spiro atoms. The van der Waals surface area contributed by atoms with Crippen molar-refractivity contribution in [3.05, 3.63) is 58.6 Å². The lowest BCUT2D eigenvalue weighted by atomic mass is 10.1. The van der Waals surface area contributed by atoms with E-state index in [9.17, 15) is 13.2 Å². The van der Waals surface area contributed by atoms with Crippen LogP contribution < -0.4 is 10.2 Å². The molecule has 1 aliphatic heterocycles. The summed E-state index contributed by atoms with van der Waals surface area (Å²) < 4.78 is 27.9. The van der Waals surface area contributed by atoms with Gasteiger partial charge in [0.1, 0.15) is 0 Å². The predicted molar refractivity (Wildman–Crippen MR) is 105 cm³/mol. The second-order valence-electron chi connectivity index (χ2n) is 5.97. The Hall–Kier alpha value is -1.90. The number of hydrogen-bond donors (Lipinski definition) is 1. The fourth-order valence-electron chi connectivity index (χ4n) is 2.91. The van der Waals surface area contributed by atoms with E-state index in [0.29, 0.717) is 36.6 Å². The molecule has 0 aromatic heterocycles. The predicted octanol–water partition coefficient (Wildman–Crippen LogP) is 2.32. The fourth-order valence-corrected chi connectivity index (χ4v) is 4.60. The second-order valence-corrected chi connectivity index (χ2v) is 8.82. The van der Waals surface area contributed by atoms with Crippen LogP contribution in [0.2, 0.25) is 0 Å². The van der Waals surface area contributed by atoms with E-state index >= 15 is 0 Å². The summed E-state index contributed by atoms with van der Waals surface area (Å²) in [5, 5.41) is 2.59. The van der Waals surface area contributed by atoms with Crippen LogP contribution in [0.1, 0.15) is 10.4 Å². The van der Waals surface area contributed by atoms with Crippen LogP contribution in [0.5, 0.6) is 0 Å². The Kier molecular flexibility index (Phi) is 5.64. The molecule has 2 aromatic carbocycles. The lowest BCUT2D eigenvalue weighted by Gasteiger charge is -2.35. The largest absolute Gasteiger partial charge is 0.369 e. The normalized spacial score (nSPS) is 15.7. The highest BCUT2D eigenvalue weighted by molar-refractivity contribution is 9.10. The summed E-state index contributed by atoms with van der Waals surface area (Å²) in [4.78, 5) is 14.0. The minimum atomic E-state index is -3.47. The van der Waals surface area contributed by atoms with E-state index in [2.05, 4.69) is 26.1 Å². The van der Waals surface area contributed by atoms with Gasteiger partial charge in [0, 0.05) is 49.0 Å². The number of rotatable bonds is 4. The average Bonchev–Trinajstić information content (AvgIpc) is 2.68. The van der Waals surface area contributed by atoms with Crippen molar-refractivity contribution < 1.29 is 13.2 Å². The number of anilines is 1. The Morgan fingerprint density at radius 2 is 1.54 bits per heavy atom. The third kappa shape index (κ3) is 3.92. The van der Waals surface area contributed by atoms with E-state index in [1.54, 1.807) is 43.4 Å². The van der Waals surface area contributed by atoms with E-state index in [0.717, 1.165) is 10.2 Å². The Labute approximate surface area is 162 Å². The zero-order valence-electron chi connectivity index (χ0n) is 14.4. The number of carbonyl (C=O) groups excluding carboxylic acids is 1. The lowest BCUT2D eigenvalue weighted by molar-refractivity contribution is 0.0963. The second kappa shape index (κ2) is 7.77. The van der Waals surface area contributed by atoms with Gasteiger partial charge in [-0.3, -0.25) is 4.79 Å². The standard InChI is InChI=1S/C18H20BrN3O3S/c1-20-18(23)14-2-6-16(7-3-14)21-10-12-22(13-11-21)26(24,25)17-8-4-15(19)5-9-17/h2-9H,10-13H2,1H3,(H,20,23). The Bertz CT molecular complexity index is 875. The lowest BCUT2D eigenvalue weighted by Crippen LogP contribution is -2.48. The maximum atomic E-state index is 12.7. The minimum Gasteiger partial charge on any atom is -0.369 e. The van der Waals surface area contributed by atoms with Crippen LogP contribution in [0.3, 0.4) is 0 Å². The summed E-state index contributed by atoms with van der Waals surface area (Å²) >= 11 is 3.32. The van der Waals surface area contributed by atoms with Gasteiger partial charge in [0.05, 0.1) is 4.90 Å². The number of nitrogens with zero attached hydrogens (tertiary/aromatic N) is 2. The first-order chi connectivity index (χ1) is 12.4. The Balaban J connectivity index is 1.67. The number of piperazine rings is 1. The third-order valence-electron chi connectivity index (χ3n) is 4.41. The summed E-state index contributed by atoms with van der Waals surface area (Å²) in [5.74, 6) is -0.123. The van der Waals surface area contributed by atoms with E-state index in [-0.39, 0.29) is 5.91 Å². The first kappa shape index (κ1) is 18.9. The van der Waals surface area contributed by atoms with Crippen molar-refractivity contribution in [1.29, 1.82) is 0 Å². The molecule has 0 radical (unpaired) electrons. The van der Waals surface area contributed by atoms with Crippen molar-refractivity contribution in [1.82, 2.24) is 9.62 Å². The van der Waals surface area contributed by atoms with Gasteiger partial charge in [-0.05, 0) is 48.5 Å². The van der Waals surface area contributed by atoms with Gasteiger partial charge in [-0.25, -0.2) is 8.42 Å². The van der Waals surface area contributed by atoms with E-state index in [4.69, 9.17) is 0 Å². The Morgan fingerprint density at radius 1 is 0.962 bits per heavy atom. The van der Waals surface area contributed by atoms with Crippen molar-refractivity contribution >= 4 is 37.5 Å². The van der Waals surface area contributed by atoms with Crippen LogP contribution in [0, 0.1) is 0 Å². The van der Waals surface area contributed by atoms with Gasteiger partial charge in [0.15, 0.2) is 0 Å². The minimum absolute atomic E-state index is 0.123. The van der Waals surface area contributed by atoms with Crippen molar-refractivity contribution in [2.45, 2.75) is 4.90 Å². The van der Waals surface area contributed by atoms with Crippen molar-refractivity contribution in [3.63, 3.8) is 0 Å². The molecule has 0 bridgehead atoms. The van der Waals surface area contributed by atoms with Crippen molar-refractivity contribution in [2.75, 3.05) is 38.1 Å². The number of halogens is 1. The smallest absolute Gasteiger partial charge is 0.251 e. The number of carbonyl (C=O) groups is 1. The van der Waals surface area contributed by atoms with Crippen molar-refractivity contribution in [2.24, 2.45) is 0 Å². The van der Waals surface area contributed by atoms with Gasteiger partial charge in [-0.15, -0.1) is 0 Å². The highest BCUT2D eigenvalue weighted by Crippen LogP contribution is 2.22. The highest BCUT2D eigenvalue weighted by Gasteiger charge is 2.28. The molecular formula is C18H20BrN3O3S. The van der Waals surface area contributed by atoms with Crippen molar-refractivity contribution in [3.8, 4) is 0 Å². The number of nitrogens with one attached hydrogen (secondary N) is 1. The molecule has 0 atom stereocenters. The van der Waals surface area contributed by atoms with Crippen LogP contribution in [0.25, 0.3) is 0 Å². The zero-order chi connectivity index (χ0) is 18.7. The topological polar surface area (TPSA) is 69.7 Å². The van der Waals surface area contributed by atoms with Gasteiger partial charge in [0.25, 0.3) is 5.91 Å². The zero-order valence-corrected chi connectivity index (χ0v) is 16.8. The molecule has 1 fully saturated rings. The number of hydrogen-bond acceptors (Lipinski definition) is 4. The van der Waals surface area contributed by atoms with Crippen LogP contribution in [0.4, 0.5) is 5.69 Å². The summed E-state index contributed by atoms with van der Waals surface area (Å²) in [6.07, 6.45) is 0. The molecule has 1 heterocycles. The first-order valence-corrected chi connectivity index (χ1v) is 10.5. The van der Waals surface area contributed by atoms with Crippen LogP contribution in [-0.2, 0) is 10.0 Å². The van der Waals surface area contributed by atoms with Crippen LogP contribution in [-0.4, -0.2) is 51.9 Å². The average molecular weight is 438 g/mol. The molecule has 3 rings (SSSR count). The molecule has 0 unspecified atom stereocenters. The summed E-state index contributed by atoms with van der Waals surface area (Å²) in [7, 11) is -1.87. The maximum absolute atomic E-state index is 12.7. The molecule has 1 N–H and O–H groups in total. The quantitative estimate of drug-likeness (QED) is 0.796. The van der Waals surface area contributed by atoms with Gasteiger partial charge in [-0.2, -0.15) is 4.31 Å². The molecule has 1 aliphatic rings. The molecule has 8 heteroatoms. The van der Waals surface area contributed by atoms with E-state index in [1.165, 1.54) is 4.31 Å². The van der Waals surface area contributed by atoms with Crippen LogP contribution in [0.15, 0.2) is 57.9 Å². The summed E-state index contributed by atoms with van der Waals surface area (Å²) in [6, 6.07) is 14.0. The molecule has 0 aliphatic carbocycles. The first-order valence-electron chi connectivity index (χ1n) is 8.24. The van der Waals surface area contributed by atoms with Gasteiger partial charge >= 0.3 is 0 Å². The molecule has 1 amide bonds.